The van der Waals surface area contributed by atoms with Crippen LogP contribution in [0.1, 0.15) is 58.4 Å². The average molecular weight is 460 g/mol. The van der Waals surface area contributed by atoms with Crippen LogP contribution < -0.4 is 0 Å². The fraction of sp³-hybridized carbons (Fsp3) is 0.321. The molecular formula is C28H29NO3S. The third-order valence-corrected chi connectivity index (χ3v) is 8.68. The Balaban J connectivity index is 1.66. The normalized spacial score (nSPS) is 17.6. The van der Waals surface area contributed by atoms with Crippen LogP contribution in [0.2, 0.25) is 0 Å². The number of nitrogens with zero attached hydrogens (tertiary/aromatic N) is 1. The second-order valence-electron chi connectivity index (χ2n) is 10.3. The lowest BCUT2D eigenvalue weighted by Gasteiger charge is -2.32. The van der Waals surface area contributed by atoms with Crippen molar-refractivity contribution in [2.75, 3.05) is 0 Å². The van der Waals surface area contributed by atoms with Gasteiger partial charge in [-0.05, 0) is 65.6 Å². The van der Waals surface area contributed by atoms with E-state index in [-0.39, 0.29) is 17.7 Å². The minimum Gasteiger partial charge on any atom is -0.294 e. The molecule has 5 heteroatoms. The molecule has 0 saturated heterocycles. The summed E-state index contributed by atoms with van der Waals surface area (Å²) in [7, 11) is -3.64. The van der Waals surface area contributed by atoms with Crippen LogP contribution in [0.15, 0.2) is 59.5 Å². The van der Waals surface area contributed by atoms with Gasteiger partial charge in [0.1, 0.15) is 0 Å². The van der Waals surface area contributed by atoms with Crippen LogP contribution in [0.3, 0.4) is 0 Å². The van der Waals surface area contributed by atoms with Gasteiger partial charge in [-0.3, -0.25) is 4.79 Å². The maximum absolute atomic E-state index is 13.5. The highest BCUT2D eigenvalue weighted by Crippen LogP contribution is 2.45. The van der Waals surface area contributed by atoms with Gasteiger partial charge < -0.3 is 0 Å². The van der Waals surface area contributed by atoms with Crippen LogP contribution in [0.25, 0.3) is 11.1 Å². The number of rotatable bonds is 3. The number of Topliss-reactive ketones (excluding diaryl/α,β-unsaturated/α-hetero) is 1. The predicted octanol–water partition coefficient (Wildman–Crippen LogP) is 5.83. The van der Waals surface area contributed by atoms with Crippen molar-refractivity contribution in [1.29, 1.82) is 0 Å². The number of fused-ring (bicyclic) bond motifs is 2. The van der Waals surface area contributed by atoms with Gasteiger partial charge in [0.05, 0.1) is 4.90 Å². The van der Waals surface area contributed by atoms with Gasteiger partial charge in [-0.25, -0.2) is 8.42 Å². The summed E-state index contributed by atoms with van der Waals surface area (Å²) in [6, 6.07) is 17.3. The molecule has 0 aromatic heterocycles. The molecular weight excluding hydrogens is 430 g/mol. The summed E-state index contributed by atoms with van der Waals surface area (Å²) in [6.45, 7) is 8.84. The van der Waals surface area contributed by atoms with Crippen molar-refractivity contribution in [3.63, 3.8) is 0 Å². The average Bonchev–Trinajstić information content (AvgIpc) is 3.17. The van der Waals surface area contributed by atoms with Crippen LogP contribution in [0.4, 0.5) is 0 Å². The van der Waals surface area contributed by atoms with Crippen molar-refractivity contribution in [2.24, 2.45) is 5.41 Å². The van der Waals surface area contributed by atoms with Crippen LogP contribution in [-0.4, -0.2) is 18.5 Å². The molecule has 0 N–H and O–H groups in total. The Kier molecular flexibility index (Phi) is 5.11. The van der Waals surface area contributed by atoms with Crippen molar-refractivity contribution in [1.82, 2.24) is 4.31 Å². The fourth-order valence-electron chi connectivity index (χ4n) is 5.21. The molecule has 0 radical (unpaired) electrons. The molecule has 3 aromatic rings. The quantitative estimate of drug-likeness (QED) is 0.495. The summed E-state index contributed by atoms with van der Waals surface area (Å²) in [5, 5.41) is 0. The first kappa shape index (κ1) is 22.1. The minimum atomic E-state index is -3.64. The first-order chi connectivity index (χ1) is 15.5. The molecule has 1 aliphatic carbocycles. The lowest BCUT2D eigenvalue weighted by molar-refractivity contribution is 0.0913. The molecule has 3 aromatic carbocycles. The van der Waals surface area contributed by atoms with Gasteiger partial charge in [0.15, 0.2) is 5.78 Å². The van der Waals surface area contributed by atoms with Gasteiger partial charge in [-0.1, -0.05) is 67.4 Å². The van der Waals surface area contributed by atoms with E-state index >= 15 is 0 Å². The van der Waals surface area contributed by atoms with E-state index in [1.165, 1.54) is 0 Å². The number of hydrogen-bond acceptors (Lipinski definition) is 3. The maximum atomic E-state index is 13.5. The summed E-state index contributed by atoms with van der Waals surface area (Å²) in [5.74, 6) is 0.152. The molecule has 0 atom stereocenters. The van der Waals surface area contributed by atoms with E-state index in [0.29, 0.717) is 17.9 Å². The Morgan fingerprint density at radius 3 is 2.03 bits per heavy atom. The number of ketones is 1. The molecule has 0 spiro atoms. The molecule has 1 aliphatic heterocycles. The Bertz CT molecular complexity index is 1370. The number of carbonyl (C=O) groups excluding carboxylic acids is 1. The lowest BCUT2D eigenvalue weighted by atomic mass is 9.71. The third kappa shape index (κ3) is 3.83. The van der Waals surface area contributed by atoms with Crippen LogP contribution in [-0.2, 0) is 29.5 Å². The van der Waals surface area contributed by atoms with Crippen LogP contribution >= 0.6 is 0 Å². The Morgan fingerprint density at radius 1 is 0.788 bits per heavy atom. The molecule has 0 amide bonds. The number of hydrogen-bond donors (Lipinski definition) is 0. The van der Waals surface area contributed by atoms with Crippen LogP contribution in [0.5, 0.6) is 0 Å². The molecule has 0 fully saturated rings. The summed E-state index contributed by atoms with van der Waals surface area (Å²) < 4.78 is 28.5. The molecule has 170 valence electrons. The number of aryl methyl sites for hydroxylation is 2. The highest BCUT2D eigenvalue weighted by atomic mass is 32.2. The zero-order chi connectivity index (χ0) is 23.5. The van der Waals surface area contributed by atoms with Gasteiger partial charge in [-0.15, -0.1) is 0 Å². The largest absolute Gasteiger partial charge is 0.294 e. The van der Waals surface area contributed by atoms with Crippen molar-refractivity contribution in [2.45, 2.75) is 58.5 Å². The molecule has 4 nitrogen and oxygen atoms in total. The minimum absolute atomic E-state index is 0.102. The first-order valence-electron chi connectivity index (χ1n) is 11.4. The van der Waals surface area contributed by atoms with Crippen LogP contribution in [0, 0.1) is 19.3 Å². The second-order valence-corrected chi connectivity index (χ2v) is 12.3. The Morgan fingerprint density at radius 2 is 1.39 bits per heavy atom. The Hall–Kier alpha value is -2.76. The SMILES string of the molecule is Cc1ccc(-c2c3c(cc4c2C(=O)CC(C)(C)C4)CN(S(=O)(=O)c2ccc(C)cc2)C3)cc1. The molecule has 2 aliphatic rings. The monoisotopic (exact) mass is 459 g/mol. The van der Waals surface area contributed by atoms with Crippen molar-refractivity contribution < 1.29 is 13.2 Å². The second kappa shape index (κ2) is 7.64. The molecule has 0 saturated carbocycles. The van der Waals surface area contributed by atoms with E-state index in [1.54, 1.807) is 16.4 Å². The zero-order valence-electron chi connectivity index (χ0n) is 19.6. The van der Waals surface area contributed by atoms with E-state index in [9.17, 15) is 13.2 Å². The molecule has 1 heterocycles. The standard InChI is InChI=1S/C28H29NO3S/c1-18-5-9-20(10-6-18)26-24-17-29(33(31,32)23-11-7-19(2)8-12-23)16-22(24)13-21-14-28(3,4)15-25(30)27(21)26/h5-13H,14-17H2,1-4H3. The van der Waals surface area contributed by atoms with Gasteiger partial charge >= 0.3 is 0 Å². The third-order valence-electron chi connectivity index (χ3n) is 6.88. The van der Waals surface area contributed by atoms with Gasteiger partial charge in [0.25, 0.3) is 0 Å². The smallest absolute Gasteiger partial charge is 0.243 e. The molecule has 33 heavy (non-hydrogen) atoms. The van der Waals surface area contributed by atoms with Gasteiger partial charge in [0, 0.05) is 25.1 Å². The van der Waals surface area contributed by atoms with E-state index in [4.69, 9.17) is 0 Å². The van der Waals surface area contributed by atoms with E-state index in [1.807, 2.05) is 38.1 Å². The summed E-state index contributed by atoms with van der Waals surface area (Å²) in [5.41, 5.74) is 7.76. The topological polar surface area (TPSA) is 54.5 Å². The Labute approximate surface area is 196 Å². The number of carbonyl (C=O) groups is 1. The van der Waals surface area contributed by atoms with E-state index in [0.717, 1.165) is 50.9 Å². The first-order valence-corrected chi connectivity index (χ1v) is 12.8. The number of sulfonamides is 1. The highest BCUT2D eigenvalue weighted by molar-refractivity contribution is 7.89. The summed E-state index contributed by atoms with van der Waals surface area (Å²) >= 11 is 0. The van der Waals surface area contributed by atoms with Gasteiger partial charge in [0.2, 0.25) is 10.0 Å². The lowest BCUT2D eigenvalue weighted by Crippen LogP contribution is -2.28. The molecule has 5 rings (SSSR count). The summed E-state index contributed by atoms with van der Waals surface area (Å²) in [4.78, 5) is 13.7. The predicted molar refractivity (Wildman–Crippen MR) is 131 cm³/mol. The van der Waals surface area contributed by atoms with Gasteiger partial charge in [-0.2, -0.15) is 4.31 Å². The van der Waals surface area contributed by atoms with Crippen molar-refractivity contribution >= 4 is 15.8 Å². The zero-order valence-corrected chi connectivity index (χ0v) is 20.4. The highest BCUT2D eigenvalue weighted by Gasteiger charge is 2.38. The van der Waals surface area contributed by atoms with Crippen molar-refractivity contribution in [3.05, 3.63) is 88.0 Å². The van der Waals surface area contributed by atoms with E-state index < -0.39 is 10.0 Å². The summed E-state index contributed by atoms with van der Waals surface area (Å²) in [6.07, 6.45) is 1.31. The molecule has 0 bridgehead atoms. The molecule has 0 unspecified atom stereocenters. The van der Waals surface area contributed by atoms with E-state index in [2.05, 4.69) is 32.0 Å². The fourth-order valence-corrected chi connectivity index (χ4v) is 6.60. The van der Waals surface area contributed by atoms with Crippen molar-refractivity contribution in [3.8, 4) is 11.1 Å². The maximum Gasteiger partial charge on any atom is 0.243 e. The number of benzene rings is 3.